The molecule has 1 aromatic heterocycles. The number of hydrogen-bond acceptors (Lipinski definition) is 3. The number of nitrogens with zero attached hydrogens (tertiary/aromatic N) is 2. The largest absolute Gasteiger partial charge is 0.417 e. The van der Waals surface area contributed by atoms with E-state index in [2.05, 4.69) is 29.1 Å². The van der Waals surface area contributed by atoms with E-state index < -0.39 is 23.1 Å². The maximum absolute atomic E-state index is 15.9. The number of hydrogen-bond donors (Lipinski definition) is 1. The fourth-order valence-corrected chi connectivity index (χ4v) is 4.78. The molecular weight excluding hydrogens is 538 g/mol. The Balaban J connectivity index is 2.55. The van der Waals surface area contributed by atoms with E-state index in [0.717, 1.165) is 48.7 Å². The zero-order valence-corrected chi connectivity index (χ0v) is 26.4. The van der Waals surface area contributed by atoms with Gasteiger partial charge in [0.1, 0.15) is 5.82 Å². The molecule has 0 spiro atoms. The van der Waals surface area contributed by atoms with Crippen LogP contribution in [0.4, 0.5) is 17.6 Å². The van der Waals surface area contributed by atoms with E-state index in [1.54, 1.807) is 6.20 Å². The van der Waals surface area contributed by atoms with Gasteiger partial charge in [0.25, 0.3) is 0 Å². The van der Waals surface area contributed by atoms with Crippen molar-refractivity contribution in [2.45, 2.75) is 100 Å². The molecule has 1 heterocycles. The summed E-state index contributed by atoms with van der Waals surface area (Å²) in [5.74, 6) is -0.0888. The molecule has 0 amide bonds. The van der Waals surface area contributed by atoms with Gasteiger partial charge in [0, 0.05) is 46.5 Å². The third-order valence-corrected chi connectivity index (χ3v) is 7.07. The Hall–Kier alpha value is -3.22. The highest BCUT2D eigenvalue weighted by atomic mass is 19.4. The lowest BCUT2D eigenvalue weighted by atomic mass is 9.98. The summed E-state index contributed by atoms with van der Waals surface area (Å²) in [5.41, 5.74) is 2.35. The lowest BCUT2D eigenvalue weighted by molar-refractivity contribution is -0.137. The van der Waals surface area contributed by atoms with E-state index >= 15 is 4.39 Å². The summed E-state index contributed by atoms with van der Waals surface area (Å²) in [5, 5.41) is 3.16. The van der Waals surface area contributed by atoms with Crippen LogP contribution in [0, 0.1) is 17.7 Å². The SMILES string of the molecule is C/C=C(\NCc1ccc(C(F)(F)F)c(/C(C)=N/C(=C\C(C)=C/CC)c2ccc(CCCCC(C)C)nc2)c1F)C(C)C. The van der Waals surface area contributed by atoms with Crippen molar-refractivity contribution in [3.05, 3.63) is 93.7 Å². The predicted octanol–water partition coefficient (Wildman–Crippen LogP) is 10.5. The highest BCUT2D eigenvalue weighted by Gasteiger charge is 2.36. The molecule has 3 nitrogen and oxygen atoms in total. The van der Waals surface area contributed by atoms with Gasteiger partial charge >= 0.3 is 6.18 Å². The number of halogens is 4. The molecule has 0 saturated carbocycles. The molecule has 0 aliphatic carbocycles. The van der Waals surface area contributed by atoms with Crippen molar-refractivity contribution in [1.29, 1.82) is 0 Å². The average molecular weight is 586 g/mol. The molecule has 2 aromatic rings. The normalized spacial score (nSPS) is 13.9. The van der Waals surface area contributed by atoms with Crippen LogP contribution < -0.4 is 5.32 Å². The number of aromatic nitrogens is 1. The van der Waals surface area contributed by atoms with Crippen LogP contribution >= 0.6 is 0 Å². The Bertz CT molecular complexity index is 1280. The van der Waals surface area contributed by atoms with Crippen LogP contribution in [0.15, 0.2) is 65.0 Å². The summed E-state index contributed by atoms with van der Waals surface area (Å²) in [7, 11) is 0. The molecule has 1 aromatic carbocycles. The Morgan fingerprint density at radius 2 is 1.76 bits per heavy atom. The third-order valence-electron chi connectivity index (χ3n) is 7.07. The van der Waals surface area contributed by atoms with Gasteiger partial charge in [0.15, 0.2) is 0 Å². The zero-order valence-electron chi connectivity index (χ0n) is 26.4. The van der Waals surface area contributed by atoms with E-state index in [1.807, 2.05) is 65.0 Å². The topological polar surface area (TPSA) is 37.3 Å². The molecular formula is C35H47F4N3. The smallest absolute Gasteiger partial charge is 0.384 e. The first kappa shape index (κ1) is 35.0. The molecule has 0 radical (unpaired) electrons. The van der Waals surface area contributed by atoms with Crippen molar-refractivity contribution >= 4 is 11.4 Å². The van der Waals surface area contributed by atoms with E-state index in [4.69, 9.17) is 0 Å². The number of pyridine rings is 1. The van der Waals surface area contributed by atoms with Crippen LogP contribution in [-0.4, -0.2) is 10.7 Å². The highest BCUT2D eigenvalue weighted by molar-refractivity contribution is 6.03. The van der Waals surface area contributed by atoms with Crippen LogP contribution in [0.25, 0.3) is 5.70 Å². The third kappa shape index (κ3) is 10.6. The lowest BCUT2D eigenvalue weighted by Crippen LogP contribution is -2.20. The van der Waals surface area contributed by atoms with Gasteiger partial charge < -0.3 is 5.32 Å². The quantitative estimate of drug-likeness (QED) is 0.104. The second-order valence-corrected chi connectivity index (χ2v) is 11.5. The van der Waals surface area contributed by atoms with Gasteiger partial charge in [-0.1, -0.05) is 71.3 Å². The number of aryl methyl sites for hydroxylation is 1. The fraction of sp³-hybridized carbons (Fsp3) is 0.486. The van der Waals surface area contributed by atoms with E-state index in [9.17, 15) is 13.2 Å². The van der Waals surface area contributed by atoms with Crippen molar-refractivity contribution < 1.29 is 17.6 Å². The maximum atomic E-state index is 15.9. The Morgan fingerprint density at radius 1 is 1.05 bits per heavy atom. The summed E-state index contributed by atoms with van der Waals surface area (Å²) in [6.07, 6.45) is 7.64. The lowest BCUT2D eigenvalue weighted by Gasteiger charge is -2.19. The Kier molecular flexibility index (Phi) is 13.7. The van der Waals surface area contributed by atoms with E-state index in [-0.39, 0.29) is 23.7 Å². The summed E-state index contributed by atoms with van der Waals surface area (Å²) in [6, 6.07) is 5.97. The fourth-order valence-electron chi connectivity index (χ4n) is 4.78. The number of unbranched alkanes of at least 4 members (excludes halogenated alkanes) is 1. The highest BCUT2D eigenvalue weighted by Crippen LogP contribution is 2.35. The predicted molar refractivity (Wildman–Crippen MR) is 168 cm³/mol. The molecule has 0 aliphatic rings. The second-order valence-electron chi connectivity index (χ2n) is 11.5. The molecule has 0 aliphatic heterocycles. The van der Waals surface area contributed by atoms with Gasteiger partial charge in [0.05, 0.1) is 11.3 Å². The standard InChI is InChI=1S/C35H47F4N3/c1-9-13-25(7)20-32(27-16-18-29(40-21-27)15-12-11-14-23(3)4)42-26(8)33-30(35(37,38)39)19-17-28(34(33)36)22-41-31(10-2)24(5)6/h10,13,16-21,23-24,41H,9,11-12,14-15,22H2,1-8H3/b25-13-,31-10-,32-20-,42-26+. The van der Waals surface area contributed by atoms with Gasteiger partial charge in [-0.25, -0.2) is 4.39 Å². The minimum absolute atomic E-state index is 0.0508. The summed E-state index contributed by atoms with van der Waals surface area (Å²) >= 11 is 0. The van der Waals surface area contributed by atoms with E-state index in [0.29, 0.717) is 17.2 Å². The van der Waals surface area contributed by atoms with Crippen LogP contribution in [0.3, 0.4) is 0 Å². The number of alkyl halides is 3. The first-order valence-corrected chi connectivity index (χ1v) is 15.0. The monoisotopic (exact) mass is 585 g/mol. The zero-order chi connectivity index (χ0) is 31.4. The van der Waals surface area contributed by atoms with Gasteiger partial charge in [-0.05, 0) is 76.1 Å². The first-order chi connectivity index (χ1) is 19.8. The van der Waals surface area contributed by atoms with Gasteiger partial charge in [-0.15, -0.1) is 0 Å². The van der Waals surface area contributed by atoms with Crippen molar-refractivity contribution in [2.75, 3.05) is 0 Å². The number of nitrogens with one attached hydrogen (secondary N) is 1. The molecule has 2 rings (SSSR count). The van der Waals surface area contributed by atoms with Crippen LogP contribution in [0.1, 0.15) is 109 Å². The summed E-state index contributed by atoms with van der Waals surface area (Å²) < 4.78 is 58.2. The van der Waals surface area contributed by atoms with Crippen LogP contribution in [0.5, 0.6) is 0 Å². The van der Waals surface area contributed by atoms with Crippen molar-refractivity contribution in [3.63, 3.8) is 0 Å². The average Bonchev–Trinajstić information content (AvgIpc) is 2.91. The molecule has 230 valence electrons. The summed E-state index contributed by atoms with van der Waals surface area (Å²) in [4.78, 5) is 9.21. The van der Waals surface area contributed by atoms with Gasteiger partial charge in [-0.3, -0.25) is 9.98 Å². The van der Waals surface area contributed by atoms with Crippen LogP contribution in [-0.2, 0) is 19.1 Å². The minimum atomic E-state index is -4.74. The number of benzene rings is 1. The molecule has 7 heteroatoms. The molecule has 0 unspecified atom stereocenters. The molecule has 0 fully saturated rings. The Labute approximate surface area is 250 Å². The Morgan fingerprint density at radius 3 is 2.31 bits per heavy atom. The molecule has 1 N–H and O–H groups in total. The van der Waals surface area contributed by atoms with Gasteiger partial charge in [-0.2, -0.15) is 13.2 Å². The maximum Gasteiger partial charge on any atom is 0.417 e. The minimum Gasteiger partial charge on any atom is -0.384 e. The van der Waals surface area contributed by atoms with Crippen molar-refractivity contribution in [3.8, 4) is 0 Å². The molecule has 0 saturated heterocycles. The molecule has 42 heavy (non-hydrogen) atoms. The second kappa shape index (κ2) is 16.4. The molecule has 0 bridgehead atoms. The van der Waals surface area contributed by atoms with Crippen LogP contribution in [0.2, 0.25) is 0 Å². The first-order valence-electron chi connectivity index (χ1n) is 15.0. The van der Waals surface area contributed by atoms with Crippen molar-refractivity contribution in [2.24, 2.45) is 16.8 Å². The van der Waals surface area contributed by atoms with E-state index in [1.165, 1.54) is 19.4 Å². The number of rotatable bonds is 14. The summed E-state index contributed by atoms with van der Waals surface area (Å²) in [6.45, 7) is 15.7. The van der Waals surface area contributed by atoms with Gasteiger partial charge in [0.2, 0.25) is 0 Å². The molecule has 0 atom stereocenters. The number of aliphatic imine (C=N–C) groups is 1. The van der Waals surface area contributed by atoms with Crippen molar-refractivity contribution in [1.82, 2.24) is 10.3 Å². The number of allylic oxidation sites excluding steroid dienone is 5.